The van der Waals surface area contributed by atoms with Crippen molar-refractivity contribution in [3.05, 3.63) is 29.8 Å². The maximum Gasteiger partial charge on any atom is 0.115 e. The summed E-state index contributed by atoms with van der Waals surface area (Å²) in [5.41, 5.74) is 6.49. The molecule has 1 unspecified atom stereocenters. The number of aromatic hydroxyl groups is 1. The van der Waals surface area contributed by atoms with Crippen LogP contribution in [0.2, 0.25) is 0 Å². The van der Waals surface area contributed by atoms with E-state index in [0.717, 1.165) is 12.0 Å². The number of hydrogen-bond acceptors (Lipinski definition) is 3. The third-order valence-electron chi connectivity index (χ3n) is 1.98. The van der Waals surface area contributed by atoms with Gasteiger partial charge in [-0.1, -0.05) is 12.1 Å². The van der Waals surface area contributed by atoms with Crippen molar-refractivity contribution in [2.45, 2.75) is 12.5 Å². The molecule has 0 saturated heterocycles. The number of phenols is 1. The summed E-state index contributed by atoms with van der Waals surface area (Å²) in [4.78, 5) is 0. The minimum Gasteiger partial charge on any atom is -0.508 e. The summed E-state index contributed by atoms with van der Waals surface area (Å²) in [5, 5.41) is 9.08. The topological polar surface area (TPSA) is 55.5 Å². The summed E-state index contributed by atoms with van der Waals surface area (Å²) in [5.74, 6) is 0.270. The molecular weight excluding hydrogens is 166 g/mol. The fourth-order valence-electron chi connectivity index (χ4n) is 1.26. The summed E-state index contributed by atoms with van der Waals surface area (Å²) in [6.45, 7) is 0.597. The molecule has 0 fully saturated rings. The van der Waals surface area contributed by atoms with Gasteiger partial charge in [0, 0.05) is 7.11 Å². The van der Waals surface area contributed by atoms with E-state index in [9.17, 15) is 0 Å². The molecule has 1 atom stereocenters. The van der Waals surface area contributed by atoms with E-state index in [0.29, 0.717) is 6.54 Å². The second kappa shape index (κ2) is 4.84. The van der Waals surface area contributed by atoms with Crippen molar-refractivity contribution in [1.82, 2.24) is 0 Å². The van der Waals surface area contributed by atoms with Gasteiger partial charge < -0.3 is 15.6 Å². The van der Waals surface area contributed by atoms with Gasteiger partial charge in [0.1, 0.15) is 5.75 Å². The zero-order chi connectivity index (χ0) is 9.68. The van der Waals surface area contributed by atoms with E-state index in [2.05, 4.69) is 0 Å². The van der Waals surface area contributed by atoms with Crippen LogP contribution in [0.4, 0.5) is 0 Å². The molecule has 0 amide bonds. The van der Waals surface area contributed by atoms with Gasteiger partial charge in [0.2, 0.25) is 0 Å². The summed E-state index contributed by atoms with van der Waals surface area (Å²) < 4.78 is 5.25. The van der Waals surface area contributed by atoms with E-state index >= 15 is 0 Å². The maximum absolute atomic E-state index is 9.08. The molecule has 3 nitrogen and oxygen atoms in total. The van der Waals surface area contributed by atoms with Crippen LogP contribution in [0.1, 0.15) is 18.1 Å². The van der Waals surface area contributed by atoms with Crippen LogP contribution in [-0.4, -0.2) is 18.8 Å². The lowest BCUT2D eigenvalue weighted by Crippen LogP contribution is -2.08. The SMILES string of the molecule is COC(CCN)c1ccc(O)cc1. The van der Waals surface area contributed by atoms with E-state index in [1.807, 2.05) is 12.1 Å². The molecular formula is C10H15NO2. The number of nitrogens with two attached hydrogens (primary N) is 1. The van der Waals surface area contributed by atoms with Crippen LogP contribution in [0.25, 0.3) is 0 Å². The number of methoxy groups -OCH3 is 1. The second-order valence-corrected chi connectivity index (χ2v) is 2.89. The standard InChI is InChI=1S/C10H15NO2/c1-13-10(6-7-11)8-2-4-9(12)5-3-8/h2-5,10,12H,6-7,11H2,1H3. The molecule has 1 aromatic rings. The first-order valence-electron chi connectivity index (χ1n) is 4.29. The quantitative estimate of drug-likeness (QED) is 0.738. The van der Waals surface area contributed by atoms with Gasteiger partial charge >= 0.3 is 0 Å². The van der Waals surface area contributed by atoms with Crippen LogP contribution in [-0.2, 0) is 4.74 Å². The summed E-state index contributed by atoms with van der Waals surface area (Å²) >= 11 is 0. The van der Waals surface area contributed by atoms with Crippen molar-refractivity contribution in [2.24, 2.45) is 5.73 Å². The Morgan fingerprint density at radius 1 is 1.38 bits per heavy atom. The van der Waals surface area contributed by atoms with Crippen LogP contribution in [0.15, 0.2) is 24.3 Å². The predicted octanol–water partition coefficient (Wildman–Crippen LogP) is 1.43. The average molecular weight is 181 g/mol. The van der Waals surface area contributed by atoms with Gasteiger partial charge in [-0.25, -0.2) is 0 Å². The minimum absolute atomic E-state index is 0.0330. The Morgan fingerprint density at radius 2 is 2.00 bits per heavy atom. The number of hydrogen-bond donors (Lipinski definition) is 2. The van der Waals surface area contributed by atoms with Crippen LogP contribution < -0.4 is 5.73 Å². The Morgan fingerprint density at radius 3 is 2.46 bits per heavy atom. The molecule has 1 aromatic carbocycles. The molecule has 0 aliphatic carbocycles. The molecule has 1 rings (SSSR count). The van der Waals surface area contributed by atoms with Crippen molar-refractivity contribution < 1.29 is 9.84 Å². The smallest absolute Gasteiger partial charge is 0.115 e. The maximum atomic E-state index is 9.08. The molecule has 3 N–H and O–H groups in total. The zero-order valence-electron chi connectivity index (χ0n) is 7.73. The van der Waals surface area contributed by atoms with E-state index in [4.69, 9.17) is 15.6 Å². The fourth-order valence-corrected chi connectivity index (χ4v) is 1.26. The van der Waals surface area contributed by atoms with E-state index in [1.54, 1.807) is 19.2 Å². The minimum atomic E-state index is 0.0330. The summed E-state index contributed by atoms with van der Waals surface area (Å²) in [6.07, 6.45) is 0.826. The van der Waals surface area contributed by atoms with Crippen molar-refractivity contribution >= 4 is 0 Å². The lowest BCUT2D eigenvalue weighted by atomic mass is 10.1. The third-order valence-corrected chi connectivity index (χ3v) is 1.98. The largest absolute Gasteiger partial charge is 0.508 e. The molecule has 72 valence electrons. The highest BCUT2D eigenvalue weighted by molar-refractivity contribution is 5.27. The summed E-state index contributed by atoms with van der Waals surface area (Å²) in [7, 11) is 1.66. The normalized spacial score (nSPS) is 12.8. The molecule has 0 radical (unpaired) electrons. The second-order valence-electron chi connectivity index (χ2n) is 2.89. The van der Waals surface area contributed by atoms with Crippen molar-refractivity contribution in [1.29, 1.82) is 0 Å². The molecule has 0 heterocycles. The first-order chi connectivity index (χ1) is 6.27. The Balaban J connectivity index is 2.73. The Bertz CT molecular complexity index is 246. The van der Waals surface area contributed by atoms with Crippen LogP contribution >= 0.6 is 0 Å². The van der Waals surface area contributed by atoms with E-state index in [1.165, 1.54) is 0 Å². The van der Waals surface area contributed by atoms with E-state index in [-0.39, 0.29) is 11.9 Å². The van der Waals surface area contributed by atoms with Gasteiger partial charge in [-0.2, -0.15) is 0 Å². The monoisotopic (exact) mass is 181 g/mol. The number of benzene rings is 1. The number of phenolic OH excluding ortho intramolecular Hbond substituents is 1. The molecule has 0 saturated carbocycles. The highest BCUT2D eigenvalue weighted by Gasteiger charge is 2.08. The van der Waals surface area contributed by atoms with Gasteiger partial charge in [0.05, 0.1) is 6.10 Å². The van der Waals surface area contributed by atoms with Gasteiger partial charge in [-0.15, -0.1) is 0 Å². The molecule has 3 heteroatoms. The highest BCUT2D eigenvalue weighted by Crippen LogP contribution is 2.21. The van der Waals surface area contributed by atoms with Gasteiger partial charge in [0.25, 0.3) is 0 Å². The molecule has 0 aliphatic heterocycles. The highest BCUT2D eigenvalue weighted by atomic mass is 16.5. The third kappa shape index (κ3) is 2.72. The Hall–Kier alpha value is -1.06. The first-order valence-corrected chi connectivity index (χ1v) is 4.29. The molecule has 0 bridgehead atoms. The number of ether oxygens (including phenoxy) is 1. The van der Waals surface area contributed by atoms with Gasteiger partial charge in [0.15, 0.2) is 0 Å². The van der Waals surface area contributed by atoms with Crippen molar-refractivity contribution in [3.63, 3.8) is 0 Å². The number of rotatable bonds is 4. The van der Waals surface area contributed by atoms with Crippen LogP contribution in [0.5, 0.6) is 5.75 Å². The lowest BCUT2D eigenvalue weighted by Gasteiger charge is -2.14. The predicted molar refractivity (Wildman–Crippen MR) is 51.5 cm³/mol. The molecule has 13 heavy (non-hydrogen) atoms. The van der Waals surface area contributed by atoms with Crippen LogP contribution in [0.3, 0.4) is 0 Å². The van der Waals surface area contributed by atoms with Crippen LogP contribution in [0, 0.1) is 0 Å². The lowest BCUT2D eigenvalue weighted by molar-refractivity contribution is 0.0977. The Kier molecular flexibility index (Phi) is 3.73. The zero-order valence-corrected chi connectivity index (χ0v) is 7.73. The van der Waals surface area contributed by atoms with Crippen molar-refractivity contribution in [2.75, 3.05) is 13.7 Å². The average Bonchev–Trinajstić information content (AvgIpc) is 2.16. The Labute approximate surface area is 78.1 Å². The van der Waals surface area contributed by atoms with Gasteiger partial charge in [-0.3, -0.25) is 0 Å². The molecule has 0 aliphatic rings. The van der Waals surface area contributed by atoms with E-state index < -0.39 is 0 Å². The molecule has 0 spiro atoms. The summed E-state index contributed by atoms with van der Waals surface area (Å²) in [6, 6.07) is 6.99. The van der Waals surface area contributed by atoms with Crippen molar-refractivity contribution in [3.8, 4) is 5.75 Å². The fraction of sp³-hybridized carbons (Fsp3) is 0.400. The molecule has 0 aromatic heterocycles. The van der Waals surface area contributed by atoms with Gasteiger partial charge in [-0.05, 0) is 30.7 Å². The first kappa shape index (κ1) is 10.0.